The number of methoxy groups -OCH3 is 2. The average molecular weight is 324 g/mol. The Morgan fingerprint density at radius 2 is 1.88 bits per heavy atom. The summed E-state index contributed by atoms with van der Waals surface area (Å²) in [4.78, 5) is 12.1. The first-order valence-electron chi connectivity index (χ1n) is 7.25. The average Bonchev–Trinajstić information content (AvgIpc) is 3.03. The van der Waals surface area contributed by atoms with E-state index >= 15 is 0 Å². The molecule has 6 heteroatoms. The quantitative estimate of drug-likeness (QED) is 0.578. The number of fused-ring (bicyclic) bond motifs is 1. The van der Waals surface area contributed by atoms with Gasteiger partial charge < -0.3 is 13.9 Å². The molecule has 3 rings (SSSR count). The summed E-state index contributed by atoms with van der Waals surface area (Å²) in [5.41, 5.74) is 3.63. The molecule has 1 amide bonds. The van der Waals surface area contributed by atoms with Crippen molar-refractivity contribution in [3.63, 3.8) is 0 Å². The molecule has 0 atom stereocenters. The van der Waals surface area contributed by atoms with Gasteiger partial charge in [-0.05, 0) is 30.3 Å². The maximum Gasteiger partial charge on any atom is 0.271 e. The molecule has 1 aromatic heterocycles. The lowest BCUT2D eigenvalue weighted by atomic mass is 10.2. The van der Waals surface area contributed by atoms with Crippen LogP contribution in [0.2, 0.25) is 0 Å². The van der Waals surface area contributed by atoms with Crippen LogP contribution in [0.1, 0.15) is 16.1 Å². The van der Waals surface area contributed by atoms with Crippen LogP contribution in [0.15, 0.2) is 58.0 Å². The smallest absolute Gasteiger partial charge is 0.271 e. The van der Waals surface area contributed by atoms with E-state index in [1.165, 1.54) is 20.4 Å². The van der Waals surface area contributed by atoms with Crippen molar-refractivity contribution in [1.82, 2.24) is 5.43 Å². The SMILES string of the molecule is COc1ccc(C(=O)N/N=C/c2cc3ccccc3o2)cc1OC. The molecule has 0 spiro atoms. The third-order valence-corrected chi connectivity index (χ3v) is 3.45. The van der Waals surface area contributed by atoms with Crippen molar-refractivity contribution in [2.45, 2.75) is 0 Å². The summed E-state index contributed by atoms with van der Waals surface area (Å²) in [5.74, 6) is 1.23. The van der Waals surface area contributed by atoms with Gasteiger partial charge in [0.25, 0.3) is 5.91 Å². The van der Waals surface area contributed by atoms with Gasteiger partial charge in [0, 0.05) is 10.9 Å². The fourth-order valence-electron chi connectivity index (χ4n) is 2.26. The molecule has 0 saturated carbocycles. The number of carbonyl (C=O) groups excluding carboxylic acids is 1. The van der Waals surface area contributed by atoms with E-state index in [1.54, 1.807) is 18.2 Å². The molecule has 0 fully saturated rings. The molecule has 0 unspecified atom stereocenters. The van der Waals surface area contributed by atoms with Gasteiger partial charge in [-0.2, -0.15) is 5.10 Å². The molecule has 1 heterocycles. The van der Waals surface area contributed by atoms with Gasteiger partial charge in [-0.25, -0.2) is 5.43 Å². The Morgan fingerprint density at radius 3 is 2.62 bits per heavy atom. The molecule has 24 heavy (non-hydrogen) atoms. The number of hydrogen-bond acceptors (Lipinski definition) is 5. The minimum Gasteiger partial charge on any atom is -0.493 e. The number of para-hydroxylation sites is 1. The highest BCUT2D eigenvalue weighted by molar-refractivity contribution is 5.95. The molecular weight excluding hydrogens is 308 g/mol. The summed E-state index contributed by atoms with van der Waals surface area (Å²) in [7, 11) is 3.05. The van der Waals surface area contributed by atoms with Crippen LogP contribution in [-0.2, 0) is 0 Å². The van der Waals surface area contributed by atoms with Crippen LogP contribution < -0.4 is 14.9 Å². The number of benzene rings is 2. The molecule has 2 aromatic carbocycles. The van der Waals surface area contributed by atoms with Crippen molar-refractivity contribution in [2.24, 2.45) is 5.10 Å². The molecule has 3 aromatic rings. The van der Waals surface area contributed by atoms with Crippen molar-refractivity contribution < 1.29 is 18.7 Å². The Morgan fingerprint density at radius 1 is 1.08 bits per heavy atom. The number of hydrogen-bond donors (Lipinski definition) is 1. The van der Waals surface area contributed by atoms with Crippen LogP contribution in [0, 0.1) is 0 Å². The first-order chi connectivity index (χ1) is 11.7. The molecule has 0 bridgehead atoms. The summed E-state index contributed by atoms with van der Waals surface area (Å²) in [6.45, 7) is 0. The van der Waals surface area contributed by atoms with Gasteiger partial charge in [-0.15, -0.1) is 0 Å². The van der Waals surface area contributed by atoms with E-state index in [0.717, 1.165) is 11.0 Å². The molecule has 0 aliphatic carbocycles. The van der Waals surface area contributed by atoms with Gasteiger partial charge in [0.1, 0.15) is 11.3 Å². The predicted octanol–water partition coefficient (Wildman–Crippen LogP) is 3.21. The third kappa shape index (κ3) is 3.22. The van der Waals surface area contributed by atoms with Crippen molar-refractivity contribution in [2.75, 3.05) is 14.2 Å². The van der Waals surface area contributed by atoms with E-state index in [-0.39, 0.29) is 5.91 Å². The molecule has 0 radical (unpaired) electrons. The van der Waals surface area contributed by atoms with Gasteiger partial charge in [-0.3, -0.25) is 4.79 Å². The molecule has 1 N–H and O–H groups in total. The topological polar surface area (TPSA) is 73.1 Å². The lowest BCUT2D eigenvalue weighted by molar-refractivity contribution is 0.0954. The Kier molecular flexibility index (Phi) is 4.47. The zero-order valence-electron chi connectivity index (χ0n) is 13.3. The number of nitrogens with one attached hydrogen (secondary N) is 1. The second-order valence-electron chi connectivity index (χ2n) is 4.96. The van der Waals surface area contributed by atoms with Crippen molar-refractivity contribution >= 4 is 23.1 Å². The second-order valence-corrected chi connectivity index (χ2v) is 4.96. The molecular formula is C18H16N2O4. The van der Waals surface area contributed by atoms with E-state index < -0.39 is 0 Å². The Labute approximate surface area is 138 Å². The van der Waals surface area contributed by atoms with Crippen LogP contribution in [-0.4, -0.2) is 26.3 Å². The lowest BCUT2D eigenvalue weighted by Gasteiger charge is -2.08. The second kappa shape index (κ2) is 6.87. The normalized spacial score (nSPS) is 10.9. The van der Waals surface area contributed by atoms with Crippen molar-refractivity contribution in [1.29, 1.82) is 0 Å². The fraction of sp³-hybridized carbons (Fsp3) is 0.111. The minimum atomic E-state index is -0.358. The number of furan rings is 1. The largest absolute Gasteiger partial charge is 0.493 e. The van der Waals surface area contributed by atoms with Crippen LogP contribution in [0.3, 0.4) is 0 Å². The van der Waals surface area contributed by atoms with Gasteiger partial charge in [0.2, 0.25) is 0 Å². The van der Waals surface area contributed by atoms with Crippen molar-refractivity contribution in [3.8, 4) is 11.5 Å². The maximum absolute atomic E-state index is 12.1. The molecule has 122 valence electrons. The van der Waals surface area contributed by atoms with Crippen LogP contribution in [0.25, 0.3) is 11.0 Å². The Hall–Kier alpha value is -3.28. The fourth-order valence-corrected chi connectivity index (χ4v) is 2.26. The summed E-state index contributed by atoms with van der Waals surface area (Å²) < 4.78 is 15.9. The van der Waals surface area contributed by atoms with Crippen molar-refractivity contribution in [3.05, 3.63) is 59.9 Å². The van der Waals surface area contributed by atoms with E-state index in [9.17, 15) is 4.79 Å². The maximum atomic E-state index is 12.1. The standard InChI is InChI=1S/C18H16N2O4/c1-22-16-8-7-13(10-17(16)23-2)18(21)20-19-11-14-9-12-5-3-4-6-15(12)24-14/h3-11H,1-2H3,(H,20,21)/b19-11+. The number of amides is 1. The highest BCUT2D eigenvalue weighted by Crippen LogP contribution is 2.27. The van der Waals surface area contributed by atoms with Gasteiger partial charge in [0.05, 0.1) is 20.4 Å². The number of hydrazone groups is 1. The van der Waals surface area contributed by atoms with Crippen LogP contribution >= 0.6 is 0 Å². The summed E-state index contributed by atoms with van der Waals surface area (Å²) in [5, 5.41) is 4.90. The summed E-state index contributed by atoms with van der Waals surface area (Å²) >= 11 is 0. The number of nitrogens with zero attached hydrogens (tertiary/aromatic N) is 1. The first kappa shape index (κ1) is 15.6. The molecule has 0 aliphatic heterocycles. The number of ether oxygens (including phenoxy) is 2. The number of rotatable bonds is 5. The van der Waals surface area contributed by atoms with E-state index in [2.05, 4.69) is 10.5 Å². The van der Waals surface area contributed by atoms with Crippen LogP contribution in [0.5, 0.6) is 11.5 Å². The van der Waals surface area contributed by atoms with Crippen LogP contribution in [0.4, 0.5) is 0 Å². The Balaban J connectivity index is 1.70. The minimum absolute atomic E-state index is 0.358. The summed E-state index contributed by atoms with van der Waals surface area (Å²) in [6.07, 6.45) is 1.46. The van der Waals surface area contributed by atoms with Gasteiger partial charge >= 0.3 is 0 Å². The van der Waals surface area contributed by atoms with Gasteiger partial charge in [0.15, 0.2) is 11.5 Å². The number of carbonyl (C=O) groups is 1. The highest BCUT2D eigenvalue weighted by atomic mass is 16.5. The molecule has 0 saturated heterocycles. The molecule has 6 nitrogen and oxygen atoms in total. The summed E-state index contributed by atoms with van der Waals surface area (Å²) in [6, 6.07) is 14.4. The van der Waals surface area contributed by atoms with E-state index in [4.69, 9.17) is 13.9 Å². The van der Waals surface area contributed by atoms with E-state index in [0.29, 0.717) is 22.8 Å². The third-order valence-electron chi connectivity index (χ3n) is 3.45. The monoisotopic (exact) mass is 324 g/mol. The Bertz CT molecular complexity index is 866. The predicted molar refractivity (Wildman–Crippen MR) is 90.8 cm³/mol. The lowest BCUT2D eigenvalue weighted by Crippen LogP contribution is -2.17. The first-order valence-corrected chi connectivity index (χ1v) is 7.25. The van der Waals surface area contributed by atoms with Gasteiger partial charge in [-0.1, -0.05) is 18.2 Å². The van der Waals surface area contributed by atoms with E-state index in [1.807, 2.05) is 30.3 Å². The molecule has 0 aliphatic rings. The highest BCUT2D eigenvalue weighted by Gasteiger charge is 2.10. The zero-order valence-corrected chi connectivity index (χ0v) is 13.3. The zero-order chi connectivity index (χ0) is 16.9.